The zero-order valence-electron chi connectivity index (χ0n) is 18.9. The van der Waals surface area contributed by atoms with Gasteiger partial charge in [0.15, 0.2) is 0 Å². The summed E-state index contributed by atoms with van der Waals surface area (Å²) < 4.78 is 27.3. The maximum atomic E-state index is 13.1. The van der Waals surface area contributed by atoms with Crippen LogP contribution < -0.4 is 10.2 Å². The van der Waals surface area contributed by atoms with E-state index in [2.05, 4.69) is 5.32 Å². The smallest absolute Gasteiger partial charge is 0.243 e. The van der Waals surface area contributed by atoms with Gasteiger partial charge in [-0.2, -0.15) is 4.31 Å². The molecule has 0 bridgehead atoms. The molecule has 1 N–H and O–H groups in total. The fraction of sp³-hybridized carbons (Fsp3) is 0.417. The molecule has 1 heterocycles. The number of fused-ring (bicyclic) bond motifs is 1. The molecule has 32 heavy (non-hydrogen) atoms. The average Bonchev–Trinajstić information content (AvgIpc) is 3.51. The zero-order valence-corrected chi connectivity index (χ0v) is 19.7. The molecule has 0 radical (unpaired) electrons. The Hall–Kier alpha value is -2.71. The summed E-state index contributed by atoms with van der Waals surface area (Å²) in [5, 5.41) is 2.78. The SMILES string of the molecule is Cc1ccc(NC(=O)CN(C)S(=O)(=O)c2ccc3c(c2)C[C@H](C)N3C(=O)C2CC2)c(C)c1. The number of carbonyl (C=O) groups excluding carboxylic acids is 2. The lowest BCUT2D eigenvalue weighted by Crippen LogP contribution is -2.36. The van der Waals surface area contributed by atoms with Crippen LogP contribution in [-0.4, -0.2) is 44.2 Å². The van der Waals surface area contributed by atoms with Crippen LogP contribution in [0.4, 0.5) is 11.4 Å². The van der Waals surface area contributed by atoms with E-state index < -0.39 is 15.9 Å². The first-order chi connectivity index (χ1) is 15.1. The molecule has 1 saturated carbocycles. The highest BCUT2D eigenvalue weighted by Crippen LogP contribution is 2.39. The van der Waals surface area contributed by atoms with E-state index in [-0.39, 0.29) is 29.3 Å². The van der Waals surface area contributed by atoms with Crippen LogP contribution in [0.2, 0.25) is 0 Å². The molecule has 2 aliphatic rings. The maximum Gasteiger partial charge on any atom is 0.243 e. The first-order valence-electron chi connectivity index (χ1n) is 10.9. The van der Waals surface area contributed by atoms with Gasteiger partial charge in [-0.1, -0.05) is 17.7 Å². The predicted octanol–water partition coefficient (Wildman–Crippen LogP) is 3.25. The summed E-state index contributed by atoms with van der Waals surface area (Å²) in [6.45, 7) is 5.55. The van der Waals surface area contributed by atoms with Gasteiger partial charge in [-0.3, -0.25) is 9.59 Å². The summed E-state index contributed by atoms with van der Waals surface area (Å²) in [5.41, 5.74) is 4.31. The molecule has 170 valence electrons. The van der Waals surface area contributed by atoms with Crippen LogP contribution in [0.25, 0.3) is 0 Å². The number of rotatable bonds is 6. The number of likely N-dealkylation sites (N-methyl/N-ethyl adjacent to an activating group) is 1. The average molecular weight is 456 g/mol. The predicted molar refractivity (Wildman–Crippen MR) is 124 cm³/mol. The third-order valence-corrected chi connectivity index (χ3v) is 7.96. The van der Waals surface area contributed by atoms with Crippen LogP contribution in [0.3, 0.4) is 0 Å². The Labute approximate surface area is 189 Å². The Bertz CT molecular complexity index is 1190. The van der Waals surface area contributed by atoms with Gasteiger partial charge in [0, 0.05) is 30.4 Å². The summed E-state index contributed by atoms with van der Waals surface area (Å²) in [5.74, 6) is -0.167. The van der Waals surface area contributed by atoms with E-state index >= 15 is 0 Å². The first kappa shape index (κ1) is 22.5. The third-order valence-electron chi connectivity index (χ3n) is 6.16. The Morgan fingerprint density at radius 2 is 1.84 bits per heavy atom. The number of anilines is 2. The number of benzene rings is 2. The van der Waals surface area contributed by atoms with E-state index in [0.717, 1.165) is 39.5 Å². The lowest BCUT2D eigenvalue weighted by atomic mass is 10.1. The van der Waals surface area contributed by atoms with Crippen LogP contribution in [0.15, 0.2) is 41.3 Å². The molecule has 0 aromatic heterocycles. The molecule has 2 aromatic rings. The lowest BCUT2D eigenvalue weighted by molar-refractivity contribution is -0.120. The van der Waals surface area contributed by atoms with Crippen molar-refractivity contribution in [2.45, 2.75) is 51.0 Å². The molecule has 0 unspecified atom stereocenters. The molecule has 0 spiro atoms. The van der Waals surface area contributed by atoms with Crippen molar-refractivity contribution in [2.75, 3.05) is 23.8 Å². The second-order valence-corrected chi connectivity index (χ2v) is 11.0. The summed E-state index contributed by atoms with van der Waals surface area (Å²) in [6, 6.07) is 10.6. The van der Waals surface area contributed by atoms with E-state index in [9.17, 15) is 18.0 Å². The summed E-state index contributed by atoms with van der Waals surface area (Å²) >= 11 is 0. The summed E-state index contributed by atoms with van der Waals surface area (Å²) in [6.07, 6.45) is 2.48. The van der Waals surface area contributed by atoms with Crippen molar-refractivity contribution in [1.29, 1.82) is 0 Å². The van der Waals surface area contributed by atoms with Gasteiger partial charge in [-0.15, -0.1) is 0 Å². The zero-order chi connectivity index (χ0) is 23.2. The van der Waals surface area contributed by atoms with Gasteiger partial charge >= 0.3 is 0 Å². The minimum absolute atomic E-state index is 0.0114. The van der Waals surface area contributed by atoms with Crippen LogP contribution in [-0.2, 0) is 26.0 Å². The van der Waals surface area contributed by atoms with E-state index in [1.807, 2.05) is 43.9 Å². The molecule has 1 aliphatic heterocycles. The van der Waals surface area contributed by atoms with Crippen LogP contribution in [0.5, 0.6) is 0 Å². The molecule has 7 nitrogen and oxygen atoms in total. The van der Waals surface area contributed by atoms with Crippen molar-refractivity contribution < 1.29 is 18.0 Å². The number of sulfonamides is 1. The molecule has 0 saturated heterocycles. The Morgan fingerprint density at radius 3 is 2.50 bits per heavy atom. The number of amides is 2. The Morgan fingerprint density at radius 1 is 1.12 bits per heavy atom. The highest BCUT2D eigenvalue weighted by Gasteiger charge is 2.40. The molecule has 1 fully saturated rings. The first-order valence-corrected chi connectivity index (χ1v) is 12.3. The second kappa shape index (κ2) is 8.33. The van der Waals surface area contributed by atoms with Crippen molar-refractivity contribution >= 4 is 33.2 Å². The van der Waals surface area contributed by atoms with Crippen molar-refractivity contribution in [1.82, 2.24) is 4.31 Å². The molecule has 2 amide bonds. The van der Waals surface area contributed by atoms with Gasteiger partial charge in [0.05, 0.1) is 11.4 Å². The number of carbonyl (C=O) groups is 2. The molecular weight excluding hydrogens is 426 g/mol. The normalized spacial score (nSPS) is 18.0. The third kappa shape index (κ3) is 4.29. The lowest BCUT2D eigenvalue weighted by Gasteiger charge is -2.23. The Kier molecular flexibility index (Phi) is 5.85. The molecule has 1 aliphatic carbocycles. The monoisotopic (exact) mass is 455 g/mol. The van der Waals surface area contributed by atoms with E-state index in [1.54, 1.807) is 12.1 Å². The topological polar surface area (TPSA) is 86.8 Å². The largest absolute Gasteiger partial charge is 0.325 e. The second-order valence-electron chi connectivity index (χ2n) is 8.95. The van der Waals surface area contributed by atoms with Gasteiger partial charge in [0.1, 0.15) is 0 Å². The number of nitrogens with zero attached hydrogens (tertiary/aromatic N) is 2. The number of nitrogens with one attached hydrogen (secondary N) is 1. The molecule has 2 aromatic carbocycles. The van der Waals surface area contributed by atoms with Crippen molar-refractivity contribution in [3.05, 3.63) is 53.1 Å². The molecular formula is C24H29N3O4S. The number of hydrogen-bond donors (Lipinski definition) is 1. The minimum Gasteiger partial charge on any atom is -0.325 e. The molecule has 1 atom stereocenters. The van der Waals surface area contributed by atoms with Gasteiger partial charge in [-0.25, -0.2) is 8.42 Å². The van der Waals surface area contributed by atoms with Gasteiger partial charge in [0.2, 0.25) is 21.8 Å². The van der Waals surface area contributed by atoms with Crippen molar-refractivity contribution in [3.8, 4) is 0 Å². The van der Waals surface area contributed by atoms with E-state index in [1.165, 1.54) is 13.1 Å². The maximum absolute atomic E-state index is 13.1. The van der Waals surface area contributed by atoms with E-state index in [0.29, 0.717) is 12.1 Å². The highest BCUT2D eigenvalue weighted by molar-refractivity contribution is 7.89. The fourth-order valence-electron chi connectivity index (χ4n) is 4.24. The van der Waals surface area contributed by atoms with Crippen LogP contribution >= 0.6 is 0 Å². The summed E-state index contributed by atoms with van der Waals surface area (Å²) in [7, 11) is -2.46. The Balaban J connectivity index is 1.49. The highest BCUT2D eigenvalue weighted by atomic mass is 32.2. The molecule has 4 rings (SSSR count). The standard InChI is InChI=1S/C24H29N3O4S/c1-15-5-9-21(16(2)11-15)25-23(28)14-26(4)32(30,31)20-8-10-22-19(13-20)12-17(3)27(22)24(29)18-6-7-18/h5,8-11,13,17-18H,6-7,12,14H2,1-4H3,(H,25,28)/t17-/m0/s1. The number of aryl methyl sites for hydroxylation is 2. The van der Waals surface area contributed by atoms with E-state index in [4.69, 9.17) is 0 Å². The summed E-state index contributed by atoms with van der Waals surface area (Å²) in [4.78, 5) is 27.1. The van der Waals surface area contributed by atoms with Gasteiger partial charge < -0.3 is 10.2 Å². The fourth-order valence-corrected chi connectivity index (χ4v) is 5.42. The quantitative estimate of drug-likeness (QED) is 0.724. The van der Waals surface area contributed by atoms with Crippen LogP contribution in [0.1, 0.15) is 36.5 Å². The van der Waals surface area contributed by atoms with Crippen molar-refractivity contribution in [2.24, 2.45) is 5.92 Å². The number of hydrogen-bond acceptors (Lipinski definition) is 4. The van der Waals surface area contributed by atoms with Crippen molar-refractivity contribution in [3.63, 3.8) is 0 Å². The van der Waals surface area contributed by atoms with Crippen LogP contribution in [0, 0.1) is 19.8 Å². The minimum atomic E-state index is -3.85. The molecule has 8 heteroatoms. The van der Waals surface area contributed by atoms with Gasteiger partial charge in [-0.05, 0) is 75.4 Å². The van der Waals surface area contributed by atoms with Gasteiger partial charge in [0.25, 0.3) is 0 Å².